The van der Waals surface area contributed by atoms with Crippen molar-refractivity contribution in [1.82, 2.24) is 4.90 Å². The van der Waals surface area contributed by atoms with Crippen LogP contribution in [0.5, 0.6) is 5.75 Å². The van der Waals surface area contributed by atoms with E-state index in [0.717, 1.165) is 43.5 Å². The van der Waals surface area contributed by atoms with Crippen molar-refractivity contribution in [2.45, 2.75) is 45.1 Å². The Kier molecular flexibility index (Phi) is 10.7. The number of amides is 1. The Labute approximate surface area is 140 Å². The molecule has 0 aromatic heterocycles. The van der Waals surface area contributed by atoms with Gasteiger partial charge in [-0.3, -0.25) is 4.79 Å². The van der Waals surface area contributed by atoms with Gasteiger partial charge >= 0.3 is 0 Å². The maximum absolute atomic E-state index is 12.2. The van der Waals surface area contributed by atoms with Crippen molar-refractivity contribution in [2.24, 2.45) is 5.73 Å². The van der Waals surface area contributed by atoms with Gasteiger partial charge in [0.2, 0.25) is 5.91 Å². The number of hydrogen-bond acceptors (Lipinski definition) is 3. The Morgan fingerprint density at radius 1 is 1.18 bits per heavy atom. The number of nitrogens with two attached hydrogens (primary N) is 1. The monoisotopic (exact) mass is 328 g/mol. The molecule has 0 heterocycles. The van der Waals surface area contributed by atoms with Crippen molar-refractivity contribution < 1.29 is 9.53 Å². The lowest BCUT2D eigenvalue weighted by atomic mass is 10.1. The van der Waals surface area contributed by atoms with Crippen LogP contribution in [0.4, 0.5) is 0 Å². The number of ether oxygens (including phenoxy) is 1. The number of carbonyl (C=O) groups excluding carboxylic acids is 1. The van der Waals surface area contributed by atoms with Gasteiger partial charge in [0.25, 0.3) is 0 Å². The van der Waals surface area contributed by atoms with Crippen LogP contribution in [-0.2, 0) is 4.79 Å². The topological polar surface area (TPSA) is 55.6 Å². The van der Waals surface area contributed by atoms with E-state index in [2.05, 4.69) is 0 Å². The summed E-state index contributed by atoms with van der Waals surface area (Å²) in [6.07, 6.45) is 4.79. The number of unbranched alkanes of at least 4 members (excludes halogenated alkanes) is 3. The van der Waals surface area contributed by atoms with E-state index in [0.29, 0.717) is 6.42 Å². The summed E-state index contributed by atoms with van der Waals surface area (Å²) in [5.74, 6) is 1.03. The van der Waals surface area contributed by atoms with Crippen LogP contribution in [0.2, 0.25) is 0 Å². The highest BCUT2D eigenvalue weighted by Gasteiger charge is 2.16. The Morgan fingerprint density at radius 3 is 2.32 bits per heavy atom. The number of benzene rings is 1. The van der Waals surface area contributed by atoms with Crippen LogP contribution in [0.3, 0.4) is 0 Å². The first kappa shape index (κ1) is 20.7. The molecular weight excluding hydrogens is 300 g/mol. The molecule has 5 heteroatoms. The minimum atomic E-state index is 0. The molecule has 126 valence electrons. The molecule has 1 aromatic carbocycles. The van der Waals surface area contributed by atoms with E-state index in [1.807, 2.05) is 43.1 Å². The molecule has 0 fully saturated rings. The van der Waals surface area contributed by atoms with E-state index in [1.165, 1.54) is 0 Å². The summed E-state index contributed by atoms with van der Waals surface area (Å²) in [6, 6.07) is 7.95. The predicted octanol–water partition coefficient (Wildman–Crippen LogP) is 3.55. The van der Waals surface area contributed by atoms with Crippen molar-refractivity contribution in [3.05, 3.63) is 29.8 Å². The van der Waals surface area contributed by atoms with Gasteiger partial charge in [-0.05, 0) is 44.0 Å². The Bertz CT molecular complexity index is 423. The molecule has 1 atom stereocenters. The normalized spacial score (nSPS) is 11.5. The number of rotatable bonds is 9. The molecule has 1 unspecified atom stereocenters. The first-order valence-electron chi connectivity index (χ1n) is 7.69. The van der Waals surface area contributed by atoms with E-state index >= 15 is 0 Å². The molecule has 1 rings (SSSR count). The van der Waals surface area contributed by atoms with Gasteiger partial charge in [-0.15, -0.1) is 12.4 Å². The molecule has 0 bridgehead atoms. The number of hydrogen-bond donors (Lipinski definition) is 1. The fourth-order valence-electron chi connectivity index (χ4n) is 2.27. The minimum absolute atomic E-state index is 0. The van der Waals surface area contributed by atoms with Crippen LogP contribution in [0, 0.1) is 0 Å². The Morgan fingerprint density at radius 2 is 1.77 bits per heavy atom. The van der Waals surface area contributed by atoms with Crippen LogP contribution in [-0.4, -0.2) is 31.5 Å². The van der Waals surface area contributed by atoms with E-state index < -0.39 is 0 Å². The summed E-state index contributed by atoms with van der Waals surface area (Å²) < 4.78 is 5.15. The first-order valence-corrected chi connectivity index (χ1v) is 7.69. The second kappa shape index (κ2) is 11.3. The molecule has 0 saturated carbocycles. The van der Waals surface area contributed by atoms with Gasteiger partial charge in [-0.2, -0.15) is 0 Å². The van der Waals surface area contributed by atoms with Crippen molar-refractivity contribution in [3.8, 4) is 5.75 Å². The van der Waals surface area contributed by atoms with Crippen LogP contribution in [0.1, 0.15) is 50.6 Å². The number of nitrogens with zero attached hydrogens (tertiary/aromatic N) is 1. The van der Waals surface area contributed by atoms with Gasteiger partial charge < -0.3 is 15.4 Å². The Balaban J connectivity index is 0.00000441. The zero-order valence-electron chi connectivity index (χ0n) is 13.9. The van der Waals surface area contributed by atoms with Crippen molar-refractivity contribution >= 4 is 18.3 Å². The third-order valence-electron chi connectivity index (χ3n) is 3.92. The van der Waals surface area contributed by atoms with Gasteiger partial charge in [0, 0.05) is 13.5 Å². The standard InChI is InChI=1S/C17H28N2O2.ClH/c1-14(15-9-11-16(21-3)12-10-15)19(2)17(20)8-6-4-5-7-13-18;/h9-12,14H,4-8,13,18H2,1-3H3;1H. The van der Waals surface area contributed by atoms with Crippen LogP contribution >= 0.6 is 12.4 Å². The lowest BCUT2D eigenvalue weighted by Gasteiger charge is -2.25. The number of halogens is 1. The molecule has 0 spiro atoms. The van der Waals surface area contributed by atoms with E-state index in [1.54, 1.807) is 7.11 Å². The number of methoxy groups -OCH3 is 1. The molecule has 0 aliphatic rings. The molecular formula is C17H29ClN2O2. The summed E-state index contributed by atoms with van der Waals surface area (Å²) in [4.78, 5) is 14.0. The predicted molar refractivity (Wildman–Crippen MR) is 93.6 cm³/mol. The number of carbonyl (C=O) groups is 1. The van der Waals surface area contributed by atoms with E-state index in [-0.39, 0.29) is 24.4 Å². The van der Waals surface area contributed by atoms with Crippen LogP contribution in [0.15, 0.2) is 24.3 Å². The van der Waals surface area contributed by atoms with Gasteiger partial charge in [-0.1, -0.05) is 25.0 Å². The smallest absolute Gasteiger partial charge is 0.222 e. The average Bonchev–Trinajstić information content (AvgIpc) is 2.53. The second-order valence-electron chi connectivity index (χ2n) is 5.41. The highest BCUT2D eigenvalue weighted by atomic mass is 35.5. The maximum Gasteiger partial charge on any atom is 0.222 e. The van der Waals surface area contributed by atoms with E-state index in [4.69, 9.17) is 10.5 Å². The van der Waals surface area contributed by atoms with Gasteiger partial charge in [0.05, 0.1) is 13.2 Å². The minimum Gasteiger partial charge on any atom is -0.497 e. The molecule has 22 heavy (non-hydrogen) atoms. The largest absolute Gasteiger partial charge is 0.497 e. The van der Waals surface area contributed by atoms with Crippen molar-refractivity contribution in [2.75, 3.05) is 20.7 Å². The molecule has 0 aliphatic carbocycles. The SMILES string of the molecule is COc1ccc(C(C)N(C)C(=O)CCCCCCN)cc1.Cl. The fourth-order valence-corrected chi connectivity index (χ4v) is 2.27. The molecule has 2 N–H and O–H groups in total. The first-order chi connectivity index (χ1) is 10.1. The molecule has 4 nitrogen and oxygen atoms in total. The highest BCUT2D eigenvalue weighted by Crippen LogP contribution is 2.22. The fraction of sp³-hybridized carbons (Fsp3) is 0.588. The zero-order chi connectivity index (χ0) is 15.7. The van der Waals surface area contributed by atoms with Crippen molar-refractivity contribution in [3.63, 3.8) is 0 Å². The van der Waals surface area contributed by atoms with Gasteiger partial charge in [0.15, 0.2) is 0 Å². The quantitative estimate of drug-likeness (QED) is 0.705. The Hall–Kier alpha value is -1.26. The third-order valence-corrected chi connectivity index (χ3v) is 3.92. The van der Waals surface area contributed by atoms with Gasteiger partial charge in [0.1, 0.15) is 5.75 Å². The lowest BCUT2D eigenvalue weighted by Crippen LogP contribution is -2.29. The summed E-state index contributed by atoms with van der Waals surface area (Å²) in [5, 5.41) is 0. The summed E-state index contributed by atoms with van der Waals surface area (Å²) >= 11 is 0. The van der Waals surface area contributed by atoms with Crippen LogP contribution in [0.25, 0.3) is 0 Å². The molecule has 0 saturated heterocycles. The second-order valence-corrected chi connectivity index (χ2v) is 5.41. The van der Waals surface area contributed by atoms with Crippen LogP contribution < -0.4 is 10.5 Å². The molecule has 0 aliphatic heterocycles. The summed E-state index contributed by atoms with van der Waals surface area (Å²) in [7, 11) is 3.52. The third kappa shape index (κ3) is 6.67. The summed E-state index contributed by atoms with van der Waals surface area (Å²) in [6.45, 7) is 2.79. The lowest BCUT2D eigenvalue weighted by molar-refractivity contribution is -0.131. The van der Waals surface area contributed by atoms with Gasteiger partial charge in [-0.25, -0.2) is 0 Å². The maximum atomic E-state index is 12.2. The zero-order valence-corrected chi connectivity index (χ0v) is 14.7. The molecule has 0 radical (unpaired) electrons. The highest BCUT2D eigenvalue weighted by molar-refractivity contribution is 5.85. The van der Waals surface area contributed by atoms with E-state index in [9.17, 15) is 4.79 Å². The molecule has 1 amide bonds. The van der Waals surface area contributed by atoms with Crippen molar-refractivity contribution in [1.29, 1.82) is 0 Å². The molecule has 1 aromatic rings. The summed E-state index contributed by atoms with van der Waals surface area (Å²) in [5.41, 5.74) is 6.58. The average molecular weight is 329 g/mol.